The Bertz CT molecular complexity index is 762. The number of aromatic nitrogens is 3. The third-order valence-electron chi connectivity index (χ3n) is 2.37. The molecule has 80 valence electrons. The van der Waals surface area contributed by atoms with Crippen molar-refractivity contribution in [2.45, 2.75) is 0 Å². The average molecular weight is 282 g/mol. The third-order valence-corrected chi connectivity index (χ3v) is 2.98. The second-order valence-corrected chi connectivity index (χ2v) is 4.25. The number of halogens is 2. The van der Waals surface area contributed by atoms with E-state index in [-0.39, 0.29) is 11.5 Å². The Hall–Kier alpha value is -1.69. The van der Waals surface area contributed by atoms with Crippen LogP contribution in [0.15, 0.2) is 27.5 Å². The summed E-state index contributed by atoms with van der Waals surface area (Å²) in [4.78, 5) is 20.3. The highest BCUT2D eigenvalue weighted by atomic mass is 79.9. The highest BCUT2D eigenvalue weighted by Crippen LogP contribution is 2.25. The lowest BCUT2D eigenvalue weighted by Crippen LogP contribution is -1.99. The number of pyridine rings is 1. The molecule has 6 heteroatoms. The monoisotopic (exact) mass is 281 g/mol. The van der Waals surface area contributed by atoms with Crippen LogP contribution >= 0.6 is 15.9 Å². The summed E-state index contributed by atoms with van der Waals surface area (Å²) >= 11 is 3.10. The van der Waals surface area contributed by atoms with Gasteiger partial charge in [-0.1, -0.05) is 0 Å². The fraction of sp³-hybridized carbons (Fsp3) is 0. The summed E-state index contributed by atoms with van der Waals surface area (Å²) in [6.07, 6.45) is 0. The van der Waals surface area contributed by atoms with Crippen LogP contribution in [-0.4, -0.2) is 15.0 Å². The van der Waals surface area contributed by atoms with Gasteiger partial charge in [0, 0.05) is 5.39 Å². The smallest absolute Gasteiger partial charge is 0.304 e. The van der Waals surface area contributed by atoms with E-state index >= 15 is 0 Å². The van der Waals surface area contributed by atoms with Gasteiger partial charge in [-0.3, -0.25) is 4.98 Å². The number of imidazole rings is 1. The van der Waals surface area contributed by atoms with Gasteiger partial charge in [0.2, 0.25) is 0 Å². The zero-order valence-electron chi connectivity index (χ0n) is 7.84. The fourth-order valence-corrected chi connectivity index (χ4v) is 1.98. The summed E-state index contributed by atoms with van der Waals surface area (Å²) in [6, 6.07) is 4.84. The van der Waals surface area contributed by atoms with Crippen molar-refractivity contribution >= 4 is 38.0 Å². The van der Waals surface area contributed by atoms with Crippen molar-refractivity contribution in [3.8, 4) is 0 Å². The zero-order valence-corrected chi connectivity index (χ0v) is 9.43. The highest BCUT2D eigenvalue weighted by Gasteiger charge is 2.09. The number of rotatable bonds is 0. The molecule has 2 aromatic heterocycles. The van der Waals surface area contributed by atoms with Gasteiger partial charge in [-0.15, -0.1) is 0 Å². The number of fused-ring (bicyclic) bond motifs is 2. The Morgan fingerprint density at radius 3 is 2.94 bits per heavy atom. The van der Waals surface area contributed by atoms with Crippen molar-refractivity contribution in [3.05, 3.63) is 39.0 Å². The second kappa shape index (κ2) is 3.15. The average Bonchev–Trinajstić information content (AvgIpc) is 2.61. The van der Waals surface area contributed by atoms with E-state index in [1.54, 1.807) is 18.2 Å². The van der Waals surface area contributed by atoms with Crippen LogP contribution in [0, 0.1) is 5.82 Å². The van der Waals surface area contributed by atoms with E-state index in [0.717, 1.165) is 0 Å². The van der Waals surface area contributed by atoms with Crippen molar-refractivity contribution in [2.24, 2.45) is 0 Å². The molecule has 4 nitrogen and oxygen atoms in total. The molecule has 0 aliphatic rings. The predicted molar refractivity (Wildman–Crippen MR) is 61.9 cm³/mol. The number of hydrogen-bond donors (Lipinski definition) is 2. The lowest BCUT2D eigenvalue weighted by atomic mass is 10.2. The molecule has 0 saturated carbocycles. The first-order chi connectivity index (χ1) is 7.65. The number of hydrogen-bond acceptors (Lipinski definition) is 2. The van der Waals surface area contributed by atoms with Crippen LogP contribution in [-0.2, 0) is 0 Å². The molecule has 2 N–H and O–H groups in total. The number of H-pyrrole nitrogens is 2. The SMILES string of the molecule is O=c1[nH]c2cc3c(F)c(Br)ccc3nc2[nH]1. The number of benzene rings is 1. The molecule has 0 spiro atoms. The van der Waals surface area contributed by atoms with Crippen LogP contribution in [0.3, 0.4) is 0 Å². The summed E-state index contributed by atoms with van der Waals surface area (Å²) in [5, 5.41) is 0.372. The van der Waals surface area contributed by atoms with E-state index in [0.29, 0.717) is 26.5 Å². The number of aromatic amines is 2. The standard InChI is InChI=1S/C10H5BrFN3O/c11-5-1-2-6-4(8(5)12)3-7-9(13-6)15-10(16)14-7/h1-3H,(H2,13,14,15,16). The minimum atomic E-state index is -0.381. The zero-order chi connectivity index (χ0) is 11.3. The van der Waals surface area contributed by atoms with Crippen LogP contribution in [0.25, 0.3) is 22.1 Å². The van der Waals surface area contributed by atoms with E-state index in [9.17, 15) is 9.18 Å². The second-order valence-electron chi connectivity index (χ2n) is 3.39. The Labute approximate surface area is 96.6 Å². The van der Waals surface area contributed by atoms with Gasteiger partial charge in [0.25, 0.3) is 0 Å². The number of nitrogens with zero attached hydrogens (tertiary/aromatic N) is 1. The molecule has 0 fully saturated rings. The van der Waals surface area contributed by atoms with Crippen molar-refractivity contribution < 1.29 is 4.39 Å². The first-order valence-corrected chi connectivity index (χ1v) is 5.31. The fourth-order valence-electron chi connectivity index (χ4n) is 1.64. The van der Waals surface area contributed by atoms with Crippen LogP contribution in [0.2, 0.25) is 0 Å². The Morgan fingerprint density at radius 1 is 1.31 bits per heavy atom. The van der Waals surface area contributed by atoms with Crippen molar-refractivity contribution in [3.63, 3.8) is 0 Å². The van der Waals surface area contributed by atoms with Gasteiger partial charge >= 0.3 is 5.69 Å². The maximum Gasteiger partial charge on any atom is 0.325 e. The summed E-state index contributed by atoms with van der Waals surface area (Å²) in [5.74, 6) is -0.381. The van der Waals surface area contributed by atoms with Crippen LogP contribution in [0.4, 0.5) is 4.39 Å². The third kappa shape index (κ3) is 1.26. The van der Waals surface area contributed by atoms with Crippen LogP contribution < -0.4 is 5.69 Å². The maximum absolute atomic E-state index is 13.7. The molecule has 3 rings (SSSR count). The Kier molecular flexibility index (Phi) is 1.88. The van der Waals surface area contributed by atoms with E-state index in [1.165, 1.54) is 0 Å². The summed E-state index contributed by atoms with van der Waals surface area (Å²) in [7, 11) is 0. The predicted octanol–water partition coefficient (Wildman–Crippen LogP) is 2.31. The molecule has 2 heterocycles. The Balaban J connectivity index is 2.55. The molecule has 0 atom stereocenters. The molecule has 1 aromatic carbocycles. The van der Waals surface area contributed by atoms with Gasteiger partial charge in [0.15, 0.2) is 5.65 Å². The molecule has 0 radical (unpaired) electrons. The minimum Gasteiger partial charge on any atom is -0.304 e. The van der Waals surface area contributed by atoms with Gasteiger partial charge in [-0.2, -0.15) is 0 Å². The molecule has 0 amide bonds. The van der Waals surface area contributed by atoms with Gasteiger partial charge in [0.05, 0.1) is 15.5 Å². The molecule has 0 bridgehead atoms. The molecule has 0 unspecified atom stereocenters. The van der Waals surface area contributed by atoms with Crippen molar-refractivity contribution in [1.82, 2.24) is 15.0 Å². The molecular weight excluding hydrogens is 277 g/mol. The topological polar surface area (TPSA) is 61.5 Å². The molecule has 16 heavy (non-hydrogen) atoms. The highest BCUT2D eigenvalue weighted by molar-refractivity contribution is 9.10. The van der Waals surface area contributed by atoms with Gasteiger partial charge in [0.1, 0.15) is 5.82 Å². The molecular formula is C10H5BrFN3O. The molecule has 3 aromatic rings. The summed E-state index contributed by atoms with van der Waals surface area (Å²) < 4.78 is 14.1. The van der Waals surface area contributed by atoms with Crippen molar-refractivity contribution in [2.75, 3.05) is 0 Å². The lowest BCUT2D eigenvalue weighted by Gasteiger charge is -2.00. The van der Waals surface area contributed by atoms with Gasteiger partial charge < -0.3 is 4.98 Å². The van der Waals surface area contributed by atoms with E-state index in [4.69, 9.17) is 0 Å². The lowest BCUT2D eigenvalue weighted by molar-refractivity contribution is 0.633. The quantitative estimate of drug-likeness (QED) is 0.664. The maximum atomic E-state index is 13.7. The van der Waals surface area contributed by atoms with E-state index in [1.807, 2.05) is 0 Å². The minimum absolute atomic E-state index is 0.350. The largest absolute Gasteiger partial charge is 0.325 e. The van der Waals surface area contributed by atoms with E-state index in [2.05, 4.69) is 30.9 Å². The number of nitrogens with one attached hydrogen (secondary N) is 2. The molecule has 0 aliphatic heterocycles. The summed E-state index contributed by atoms with van der Waals surface area (Å²) in [5.41, 5.74) is 1.08. The summed E-state index contributed by atoms with van der Waals surface area (Å²) in [6.45, 7) is 0. The van der Waals surface area contributed by atoms with Crippen molar-refractivity contribution in [1.29, 1.82) is 0 Å². The first kappa shape index (κ1) is 9.53. The Morgan fingerprint density at radius 2 is 2.12 bits per heavy atom. The van der Waals surface area contributed by atoms with Crippen LogP contribution in [0.1, 0.15) is 0 Å². The first-order valence-electron chi connectivity index (χ1n) is 4.52. The molecule has 0 aliphatic carbocycles. The van der Waals surface area contributed by atoms with Gasteiger partial charge in [-0.25, -0.2) is 14.2 Å². The van der Waals surface area contributed by atoms with E-state index < -0.39 is 0 Å². The van der Waals surface area contributed by atoms with Gasteiger partial charge in [-0.05, 0) is 34.1 Å². The molecule has 0 saturated heterocycles. The normalized spacial score (nSPS) is 11.4. The van der Waals surface area contributed by atoms with Crippen LogP contribution in [0.5, 0.6) is 0 Å².